The molecule has 0 amide bonds. The maximum atomic E-state index is 5.68. The molecule has 2 heterocycles. The van der Waals surface area contributed by atoms with E-state index in [-0.39, 0.29) is 12.1 Å². The van der Waals surface area contributed by atoms with Crippen molar-refractivity contribution >= 4 is 0 Å². The molecular formula is C13H23N3O2. The van der Waals surface area contributed by atoms with Gasteiger partial charge in [-0.1, -0.05) is 25.4 Å². The second kappa shape index (κ2) is 6.29. The lowest BCUT2D eigenvalue weighted by Crippen LogP contribution is -2.27. The number of hydrogen-bond donors (Lipinski definition) is 1. The molecule has 1 aliphatic heterocycles. The van der Waals surface area contributed by atoms with Crippen LogP contribution in [0.15, 0.2) is 4.52 Å². The highest BCUT2D eigenvalue weighted by Crippen LogP contribution is 2.26. The Hall–Kier alpha value is -0.940. The molecule has 0 saturated carbocycles. The van der Waals surface area contributed by atoms with Crippen molar-refractivity contribution in [1.29, 1.82) is 0 Å². The lowest BCUT2D eigenvalue weighted by molar-refractivity contribution is 0.0217. The molecule has 0 radical (unpaired) electrons. The van der Waals surface area contributed by atoms with Gasteiger partial charge in [-0.3, -0.25) is 0 Å². The molecule has 1 aromatic heterocycles. The van der Waals surface area contributed by atoms with Crippen LogP contribution in [0.2, 0.25) is 0 Å². The monoisotopic (exact) mass is 253 g/mol. The predicted molar refractivity (Wildman–Crippen MR) is 68.1 cm³/mol. The number of ether oxygens (including phenoxy) is 1. The van der Waals surface area contributed by atoms with E-state index in [1.807, 2.05) is 6.92 Å². The fraction of sp³-hybridized carbons (Fsp3) is 0.846. The van der Waals surface area contributed by atoms with Crippen LogP contribution >= 0.6 is 0 Å². The van der Waals surface area contributed by atoms with Gasteiger partial charge in [-0.05, 0) is 32.2 Å². The number of rotatable bonds is 5. The quantitative estimate of drug-likeness (QED) is 0.874. The lowest BCUT2D eigenvalue weighted by Gasteiger charge is -2.19. The van der Waals surface area contributed by atoms with Crippen molar-refractivity contribution in [1.82, 2.24) is 15.5 Å². The summed E-state index contributed by atoms with van der Waals surface area (Å²) in [6.07, 6.45) is 3.44. The maximum Gasteiger partial charge on any atom is 0.243 e. The van der Waals surface area contributed by atoms with Crippen molar-refractivity contribution in [2.75, 3.05) is 13.2 Å². The summed E-state index contributed by atoms with van der Waals surface area (Å²) in [5.41, 5.74) is 0. The molecule has 5 nitrogen and oxygen atoms in total. The van der Waals surface area contributed by atoms with Crippen molar-refractivity contribution in [3.63, 3.8) is 0 Å². The molecule has 1 fully saturated rings. The van der Waals surface area contributed by atoms with Crippen molar-refractivity contribution in [2.24, 2.45) is 5.92 Å². The first-order valence-electron chi connectivity index (χ1n) is 6.90. The van der Waals surface area contributed by atoms with Crippen LogP contribution < -0.4 is 5.32 Å². The fourth-order valence-electron chi connectivity index (χ4n) is 2.31. The Morgan fingerprint density at radius 1 is 1.44 bits per heavy atom. The molecular weight excluding hydrogens is 230 g/mol. The van der Waals surface area contributed by atoms with Crippen LogP contribution in [-0.2, 0) is 4.74 Å². The molecule has 1 aliphatic rings. The van der Waals surface area contributed by atoms with E-state index < -0.39 is 0 Å². The van der Waals surface area contributed by atoms with Gasteiger partial charge in [0.2, 0.25) is 11.7 Å². The topological polar surface area (TPSA) is 60.2 Å². The Morgan fingerprint density at radius 2 is 2.28 bits per heavy atom. The van der Waals surface area contributed by atoms with E-state index in [9.17, 15) is 0 Å². The van der Waals surface area contributed by atoms with Crippen LogP contribution in [0.1, 0.15) is 63.9 Å². The first-order valence-corrected chi connectivity index (χ1v) is 6.90. The maximum absolute atomic E-state index is 5.68. The molecule has 5 heteroatoms. The van der Waals surface area contributed by atoms with Gasteiger partial charge >= 0.3 is 0 Å². The zero-order valence-corrected chi connectivity index (χ0v) is 11.5. The van der Waals surface area contributed by atoms with E-state index in [0.717, 1.165) is 13.0 Å². The molecule has 0 aliphatic carbocycles. The van der Waals surface area contributed by atoms with E-state index >= 15 is 0 Å². The van der Waals surface area contributed by atoms with E-state index in [1.54, 1.807) is 0 Å². The lowest BCUT2D eigenvalue weighted by atomic mass is 10.0. The Bertz CT molecular complexity index is 359. The van der Waals surface area contributed by atoms with Crippen LogP contribution in [0.25, 0.3) is 0 Å². The minimum absolute atomic E-state index is 0.0731. The standard InChI is InChI=1S/C13H23N3O2/c1-4-17-11(9(2)3)12-15-13(18-16-12)10-7-5-6-8-14-10/h9-11,14H,4-8H2,1-3H3/t10-,11?/m0/s1. The Balaban J connectivity index is 2.07. The number of hydrogen-bond acceptors (Lipinski definition) is 5. The summed E-state index contributed by atoms with van der Waals surface area (Å²) < 4.78 is 11.1. The van der Waals surface area contributed by atoms with Gasteiger partial charge < -0.3 is 14.6 Å². The average molecular weight is 253 g/mol. The van der Waals surface area contributed by atoms with Gasteiger partial charge in [0.15, 0.2) is 0 Å². The van der Waals surface area contributed by atoms with Crippen molar-refractivity contribution in [2.45, 2.75) is 52.2 Å². The number of nitrogens with one attached hydrogen (secondary N) is 1. The van der Waals surface area contributed by atoms with Crippen LogP contribution in [0, 0.1) is 5.92 Å². The molecule has 2 rings (SSSR count). The number of nitrogens with zero attached hydrogens (tertiary/aromatic N) is 2. The molecule has 0 spiro atoms. The van der Waals surface area contributed by atoms with Crippen LogP contribution in [0.5, 0.6) is 0 Å². The molecule has 1 aromatic rings. The summed E-state index contributed by atoms with van der Waals surface area (Å²) in [6, 6.07) is 0.217. The van der Waals surface area contributed by atoms with Gasteiger partial charge in [0.1, 0.15) is 6.10 Å². The smallest absolute Gasteiger partial charge is 0.243 e. The first kappa shape index (κ1) is 13.5. The molecule has 1 saturated heterocycles. The van der Waals surface area contributed by atoms with Crippen molar-refractivity contribution < 1.29 is 9.26 Å². The Labute approximate surface area is 108 Å². The highest BCUT2D eigenvalue weighted by Gasteiger charge is 2.26. The van der Waals surface area contributed by atoms with Crippen LogP contribution in [-0.4, -0.2) is 23.3 Å². The van der Waals surface area contributed by atoms with Crippen LogP contribution in [0.3, 0.4) is 0 Å². The summed E-state index contributed by atoms with van der Waals surface area (Å²) in [6.45, 7) is 7.89. The molecule has 2 atom stereocenters. The van der Waals surface area contributed by atoms with Crippen molar-refractivity contribution in [3.05, 3.63) is 11.7 Å². The molecule has 0 bridgehead atoms. The zero-order chi connectivity index (χ0) is 13.0. The summed E-state index contributed by atoms with van der Waals surface area (Å²) >= 11 is 0. The van der Waals surface area contributed by atoms with Crippen LogP contribution in [0.4, 0.5) is 0 Å². The average Bonchev–Trinajstić information content (AvgIpc) is 2.86. The molecule has 1 unspecified atom stereocenters. The SMILES string of the molecule is CCOC(c1noc([C@@H]2CCCCN2)n1)C(C)C. The Morgan fingerprint density at radius 3 is 2.89 bits per heavy atom. The molecule has 1 N–H and O–H groups in total. The normalized spacial score (nSPS) is 22.3. The number of aromatic nitrogens is 2. The molecule has 0 aromatic carbocycles. The summed E-state index contributed by atoms with van der Waals surface area (Å²) in [5, 5.41) is 7.49. The van der Waals surface area contributed by atoms with E-state index in [4.69, 9.17) is 9.26 Å². The van der Waals surface area contributed by atoms with E-state index in [0.29, 0.717) is 24.2 Å². The fourth-order valence-corrected chi connectivity index (χ4v) is 2.31. The van der Waals surface area contributed by atoms with E-state index in [1.165, 1.54) is 12.8 Å². The highest BCUT2D eigenvalue weighted by molar-refractivity contribution is 4.97. The van der Waals surface area contributed by atoms with E-state index in [2.05, 4.69) is 29.3 Å². The van der Waals surface area contributed by atoms with Gasteiger partial charge in [-0.15, -0.1) is 0 Å². The van der Waals surface area contributed by atoms with Gasteiger partial charge in [-0.2, -0.15) is 4.98 Å². The Kier molecular flexibility index (Phi) is 4.72. The van der Waals surface area contributed by atoms with Gasteiger partial charge in [0.25, 0.3) is 0 Å². The summed E-state index contributed by atoms with van der Waals surface area (Å²) in [5.74, 6) is 1.72. The minimum atomic E-state index is -0.0731. The summed E-state index contributed by atoms with van der Waals surface area (Å²) in [7, 11) is 0. The van der Waals surface area contributed by atoms with Gasteiger partial charge in [0.05, 0.1) is 6.04 Å². The molecule has 18 heavy (non-hydrogen) atoms. The number of piperidine rings is 1. The van der Waals surface area contributed by atoms with Gasteiger partial charge in [0, 0.05) is 6.61 Å². The minimum Gasteiger partial charge on any atom is -0.370 e. The third kappa shape index (κ3) is 3.09. The first-order chi connectivity index (χ1) is 8.72. The van der Waals surface area contributed by atoms with Gasteiger partial charge in [-0.25, -0.2) is 0 Å². The third-order valence-electron chi connectivity index (χ3n) is 3.27. The second-order valence-electron chi connectivity index (χ2n) is 5.11. The zero-order valence-electron chi connectivity index (χ0n) is 11.5. The summed E-state index contributed by atoms with van der Waals surface area (Å²) in [4.78, 5) is 4.51. The van der Waals surface area contributed by atoms with Crippen molar-refractivity contribution in [3.8, 4) is 0 Å². The second-order valence-corrected chi connectivity index (χ2v) is 5.11. The molecule has 102 valence electrons. The highest BCUT2D eigenvalue weighted by atomic mass is 16.5. The largest absolute Gasteiger partial charge is 0.370 e. The predicted octanol–water partition coefficient (Wildman–Crippen LogP) is 2.62. The third-order valence-corrected chi connectivity index (χ3v) is 3.27.